The van der Waals surface area contributed by atoms with E-state index < -0.39 is 0 Å². The summed E-state index contributed by atoms with van der Waals surface area (Å²) in [6.07, 6.45) is 6.08. The molecule has 15 heavy (non-hydrogen) atoms. The lowest BCUT2D eigenvalue weighted by Crippen LogP contribution is -2.22. The minimum atomic E-state index is 0.0170. The fourth-order valence-corrected chi connectivity index (χ4v) is 1.55. The molecule has 1 atom stereocenters. The highest BCUT2D eigenvalue weighted by atomic mass is 35.5. The number of ether oxygens (including phenoxy) is 2. The van der Waals surface area contributed by atoms with Crippen molar-refractivity contribution in [1.82, 2.24) is 0 Å². The Bertz CT molecular complexity index is 201. The molecule has 1 aliphatic heterocycles. The molecule has 1 heterocycles. The maximum absolute atomic E-state index is 5.54. The van der Waals surface area contributed by atoms with Gasteiger partial charge in [-0.05, 0) is 25.7 Å². The number of hydrogen-bond acceptors (Lipinski definition) is 2. The van der Waals surface area contributed by atoms with Crippen LogP contribution in [0.4, 0.5) is 0 Å². The average molecular weight is 231 g/mol. The summed E-state index contributed by atoms with van der Waals surface area (Å²) < 4.78 is 11.0. The van der Waals surface area contributed by atoms with E-state index in [2.05, 4.69) is 11.8 Å². The number of unbranched alkanes of at least 4 members (excludes halogenated alkanes) is 1. The van der Waals surface area contributed by atoms with Gasteiger partial charge in [-0.15, -0.1) is 23.4 Å². The van der Waals surface area contributed by atoms with Crippen LogP contribution in [-0.4, -0.2) is 25.4 Å². The molecular formula is C12H19ClO2. The Morgan fingerprint density at radius 2 is 2.13 bits per heavy atom. The molecule has 1 fully saturated rings. The summed E-state index contributed by atoms with van der Waals surface area (Å²) in [5.74, 6) is 6.83. The van der Waals surface area contributed by atoms with E-state index in [4.69, 9.17) is 21.1 Å². The summed E-state index contributed by atoms with van der Waals surface area (Å²) in [7, 11) is 0. The SMILES string of the molecule is ClCCCC#CCCOC1CCCCO1. The van der Waals surface area contributed by atoms with E-state index in [9.17, 15) is 0 Å². The van der Waals surface area contributed by atoms with Gasteiger partial charge in [-0.25, -0.2) is 0 Å². The number of alkyl halides is 1. The third kappa shape index (κ3) is 6.78. The van der Waals surface area contributed by atoms with Crippen molar-refractivity contribution in [2.45, 2.75) is 44.8 Å². The molecule has 1 unspecified atom stereocenters. The zero-order chi connectivity index (χ0) is 10.8. The fourth-order valence-electron chi connectivity index (χ4n) is 1.42. The maximum atomic E-state index is 5.54. The zero-order valence-corrected chi connectivity index (χ0v) is 9.89. The molecule has 0 bridgehead atoms. The third-order valence-electron chi connectivity index (χ3n) is 2.23. The number of halogens is 1. The predicted octanol–water partition coefficient (Wildman–Crippen LogP) is 2.94. The molecule has 0 N–H and O–H groups in total. The summed E-state index contributed by atoms with van der Waals surface area (Å²) >= 11 is 5.53. The summed E-state index contributed by atoms with van der Waals surface area (Å²) in [5, 5.41) is 0. The van der Waals surface area contributed by atoms with Crippen LogP contribution in [0.25, 0.3) is 0 Å². The highest BCUT2D eigenvalue weighted by Gasteiger charge is 2.12. The van der Waals surface area contributed by atoms with Gasteiger partial charge in [0.15, 0.2) is 6.29 Å². The van der Waals surface area contributed by atoms with Crippen LogP contribution in [0.15, 0.2) is 0 Å². The van der Waals surface area contributed by atoms with Gasteiger partial charge in [0.05, 0.1) is 6.61 Å². The Morgan fingerprint density at radius 3 is 2.87 bits per heavy atom. The number of rotatable bonds is 5. The highest BCUT2D eigenvalue weighted by molar-refractivity contribution is 6.17. The van der Waals surface area contributed by atoms with Gasteiger partial charge in [-0.3, -0.25) is 0 Å². The third-order valence-corrected chi connectivity index (χ3v) is 2.50. The van der Waals surface area contributed by atoms with Crippen molar-refractivity contribution in [2.75, 3.05) is 19.1 Å². The second-order valence-electron chi connectivity index (χ2n) is 3.56. The minimum Gasteiger partial charge on any atom is -0.353 e. The Labute approximate surface area is 97.3 Å². The van der Waals surface area contributed by atoms with Gasteiger partial charge in [-0.1, -0.05) is 0 Å². The monoisotopic (exact) mass is 230 g/mol. The molecule has 0 saturated carbocycles. The summed E-state index contributed by atoms with van der Waals surface area (Å²) in [6.45, 7) is 1.52. The smallest absolute Gasteiger partial charge is 0.157 e. The van der Waals surface area contributed by atoms with Crippen molar-refractivity contribution in [2.24, 2.45) is 0 Å². The Hall–Kier alpha value is -0.230. The summed E-state index contributed by atoms with van der Waals surface area (Å²) in [4.78, 5) is 0. The first-order valence-corrected chi connectivity index (χ1v) is 6.22. The molecule has 1 saturated heterocycles. The van der Waals surface area contributed by atoms with E-state index in [-0.39, 0.29) is 6.29 Å². The van der Waals surface area contributed by atoms with Crippen molar-refractivity contribution in [3.05, 3.63) is 0 Å². The number of hydrogen-bond donors (Lipinski definition) is 0. The van der Waals surface area contributed by atoms with Crippen LogP contribution in [0.3, 0.4) is 0 Å². The van der Waals surface area contributed by atoms with Crippen molar-refractivity contribution in [1.29, 1.82) is 0 Å². The van der Waals surface area contributed by atoms with E-state index in [0.29, 0.717) is 12.5 Å². The molecule has 0 radical (unpaired) electrons. The van der Waals surface area contributed by atoms with Gasteiger partial charge in [0.25, 0.3) is 0 Å². The van der Waals surface area contributed by atoms with Crippen molar-refractivity contribution in [3.8, 4) is 11.8 Å². The first-order valence-electron chi connectivity index (χ1n) is 5.68. The summed E-state index contributed by atoms with van der Waals surface area (Å²) in [6, 6.07) is 0. The van der Waals surface area contributed by atoms with Gasteiger partial charge in [-0.2, -0.15) is 0 Å². The average Bonchev–Trinajstić information content (AvgIpc) is 2.29. The van der Waals surface area contributed by atoms with E-state index in [1.54, 1.807) is 0 Å². The quantitative estimate of drug-likeness (QED) is 0.411. The molecule has 1 aliphatic rings. The van der Waals surface area contributed by atoms with Crippen LogP contribution < -0.4 is 0 Å². The normalized spacial score (nSPS) is 20.7. The van der Waals surface area contributed by atoms with Crippen molar-refractivity contribution >= 4 is 11.6 Å². The van der Waals surface area contributed by atoms with Crippen molar-refractivity contribution in [3.63, 3.8) is 0 Å². The molecule has 3 heteroatoms. The molecule has 0 spiro atoms. The lowest BCUT2D eigenvalue weighted by Gasteiger charge is -2.22. The predicted molar refractivity (Wildman–Crippen MR) is 61.9 cm³/mol. The second-order valence-corrected chi connectivity index (χ2v) is 3.94. The van der Waals surface area contributed by atoms with Gasteiger partial charge in [0.1, 0.15) is 0 Å². The molecule has 0 aromatic rings. The molecular weight excluding hydrogens is 212 g/mol. The van der Waals surface area contributed by atoms with Gasteiger partial charge in [0, 0.05) is 25.3 Å². The first-order chi connectivity index (χ1) is 7.43. The van der Waals surface area contributed by atoms with Gasteiger partial charge in [0.2, 0.25) is 0 Å². The second kappa shape index (κ2) is 9.03. The van der Waals surface area contributed by atoms with Crippen molar-refractivity contribution < 1.29 is 9.47 Å². The molecule has 0 aromatic carbocycles. The van der Waals surface area contributed by atoms with Crippen LogP contribution in [-0.2, 0) is 9.47 Å². The Balaban J connectivity index is 1.92. The largest absolute Gasteiger partial charge is 0.353 e. The van der Waals surface area contributed by atoms with E-state index in [1.165, 1.54) is 6.42 Å². The Kier molecular flexibility index (Phi) is 7.73. The van der Waals surface area contributed by atoms with Crippen LogP contribution in [0, 0.1) is 11.8 Å². The van der Waals surface area contributed by atoms with E-state index in [0.717, 1.165) is 38.7 Å². The maximum Gasteiger partial charge on any atom is 0.157 e. The Morgan fingerprint density at radius 1 is 1.27 bits per heavy atom. The molecule has 0 amide bonds. The molecule has 1 rings (SSSR count). The lowest BCUT2D eigenvalue weighted by atomic mass is 10.2. The van der Waals surface area contributed by atoms with Gasteiger partial charge < -0.3 is 9.47 Å². The van der Waals surface area contributed by atoms with Crippen LogP contribution in [0.5, 0.6) is 0 Å². The van der Waals surface area contributed by atoms with Gasteiger partial charge >= 0.3 is 0 Å². The standard InChI is InChI=1S/C12H19ClO2/c13-9-5-2-1-3-6-10-14-12-8-4-7-11-15-12/h12H,2,4-11H2. The van der Waals surface area contributed by atoms with Crippen LogP contribution in [0.2, 0.25) is 0 Å². The molecule has 0 aromatic heterocycles. The minimum absolute atomic E-state index is 0.0170. The van der Waals surface area contributed by atoms with Crippen LogP contribution in [0.1, 0.15) is 38.5 Å². The molecule has 0 aliphatic carbocycles. The lowest BCUT2D eigenvalue weighted by molar-refractivity contribution is -0.161. The summed E-state index contributed by atoms with van der Waals surface area (Å²) in [5.41, 5.74) is 0. The molecule has 2 nitrogen and oxygen atoms in total. The molecule has 86 valence electrons. The van der Waals surface area contributed by atoms with E-state index >= 15 is 0 Å². The zero-order valence-electron chi connectivity index (χ0n) is 9.14. The topological polar surface area (TPSA) is 18.5 Å². The van der Waals surface area contributed by atoms with E-state index in [1.807, 2.05) is 0 Å². The van der Waals surface area contributed by atoms with Crippen LogP contribution >= 0.6 is 11.6 Å². The first kappa shape index (κ1) is 12.8. The fraction of sp³-hybridized carbons (Fsp3) is 0.833. The highest BCUT2D eigenvalue weighted by Crippen LogP contribution is 2.13.